The summed E-state index contributed by atoms with van der Waals surface area (Å²) < 4.78 is 18.0. The van der Waals surface area contributed by atoms with E-state index in [2.05, 4.69) is 10.3 Å². The molecule has 3 nitrogen and oxygen atoms in total. The predicted octanol–water partition coefficient (Wildman–Crippen LogP) is 1.67. The van der Waals surface area contributed by atoms with Gasteiger partial charge in [-0.2, -0.15) is 0 Å². The highest BCUT2D eigenvalue weighted by Gasteiger charge is 2.03. The molecule has 1 N–H and O–H groups in total. The summed E-state index contributed by atoms with van der Waals surface area (Å²) in [6.07, 6.45) is 1.59. The fourth-order valence-corrected chi connectivity index (χ4v) is 0.840. The molecule has 72 valence electrons. The van der Waals surface area contributed by atoms with Crippen molar-refractivity contribution in [3.8, 4) is 0 Å². The van der Waals surface area contributed by atoms with E-state index in [4.69, 9.17) is 4.74 Å². The van der Waals surface area contributed by atoms with Crippen LogP contribution in [0.1, 0.15) is 6.92 Å². The van der Waals surface area contributed by atoms with E-state index in [1.807, 2.05) is 6.92 Å². The molecule has 4 heteroatoms. The van der Waals surface area contributed by atoms with Crippen LogP contribution in [-0.4, -0.2) is 24.7 Å². The normalized spacial score (nSPS) is 12.5. The molecule has 1 unspecified atom stereocenters. The van der Waals surface area contributed by atoms with Crippen molar-refractivity contribution in [1.29, 1.82) is 0 Å². The molecule has 0 saturated heterocycles. The lowest BCUT2D eigenvalue weighted by atomic mass is 10.4. The van der Waals surface area contributed by atoms with Gasteiger partial charge in [0.05, 0.1) is 6.10 Å². The van der Waals surface area contributed by atoms with E-state index < -0.39 is 0 Å². The summed E-state index contributed by atoms with van der Waals surface area (Å²) in [6.45, 7) is 2.44. The van der Waals surface area contributed by atoms with E-state index in [9.17, 15) is 4.39 Å². The number of ether oxygens (including phenoxy) is 1. The van der Waals surface area contributed by atoms with Gasteiger partial charge in [-0.3, -0.25) is 0 Å². The third kappa shape index (κ3) is 2.99. The molecule has 0 spiro atoms. The molecule has 13 heavy (non-hydrogen) atoms. The minimum absolute atomic E-state index is 0.0430. The summed E-state index contributed by atoms with van der Waals surface area (Å²) >= 11 is 0. The van der Waals surface area contributed by atoms with E-state index in [0.717, 1.165) is 0 Å². The Kier molecular flexibility index (Phi) is 3.64. The monoisotopic (exact) mass is 184 g/mol. The number of anilines is 1. The van der Waals surface area contributed by atoms with Gasteiger partial charge in [-0.15, -0.1) is 0 Å². The molecule has 1 rings (SSSR count). The van der Waals surface area contributed by atoms with E-state index in [1.165, 1.54) is 6.07 Å². The van der Waals surface area contributed by atoms with Crippen LogP contribution in [0.15, 0.2) is 18.3 Å². The summed E-state index contributed by atoms with van der Waals surface area (Å²) in [5.41, 5.74) is 0. The molecule has 0 aromatic carbocycles. The standard InChI is InChI=1S/C9H13FN2O/c1-7(13-2)6-12-9-8(10)4-3-5-11-9/h3-5,7H,6H2,1-2H3,(H,11,12). The molecule has 1 atom stereocenters. The number of aromatic nitrogens is 1. The third-order valence-electron chi connectivity index (χ3n) is 1.72. The maximum atomic E-state index is 13.0. The number of rotatable bonds is 4. The summed E-state index contributed by atoms with van der Waals surface area (Å²) in [7, 11) is 1.61. The maximum absolute atomic E-state index is 13.0. The van der Waals surface area contributed by atoms with Crippen LogP contribution in [0.4, 0.5) is 10.2 Å². The zero-order valence-corrected chi connectivity index (χ0v) is 7.75. The molecule has 0 aliphatic heterocycles. The Morgan fingerprint density at radius 3 is 3.08 bits per heavy atom. The van der Waals surface area contributed by atoms with Crippen molar-refractivity contribution in [2.24, 2.45) is 0 Å². The van der Waals surface area contributed by atoms with Gasteiger partial charge in [0.15, 0.2) is 11.6 Å². The van der Waals surface area contributed by atoms with Gasteiger partial charge in [0.25, 0.3) is 0 Å². The minimum atomic E-state index is -0.342. The quantitative estimate of drug-likeness (QED) is 0.772. The first-order chi connectivity index (χ1) is 6.24. The number of halogens is 1. The lowest BCUT2D eigenvalue weighted by molar-refractivity contribution is 0.128. The van der Waals surface area contributed by atoms with Crippen molar-refractivity contribution < 1.29 is 9.13 Å². The van der Waals surface area contributed by atoms with E-state index in [0.29, 0.717) is 6.54 Å². The van der Waals surface area contributed by atoms with Crippen molar-refractivity contribution in [2.45, 2.75) is 13.0 Å². The molecule has 0 radical (unpaired) electrons. The Hall–Kier alpha value is -1.16. The fraction of sp³-hybridized carbons (Fsp3) is 0.444. The molecule has 0 fully saturated rings. The third-order valence-corrected chi connectivity index (χ3v) is 1.72. The van der Waals surface area contributed by atoms with Gasteiger partial charge in [-0.05, 0) is 19.1 Å². The molecule has 1 aromatic rings. The van der Waals surface area contributed by atoms with Gasteiger partial charge < -0.3 is 10.1 Å². The Morgan fingerprint density at radius 2 is 2.46 bits per heavy atom. The van der Waals surface area contributed by atoms with Crippen LogP contribution < -0.4 is 5.32 Å². The van der Waals surface area contributed by atoms with E-state index in [1.54, 1.807) is 19.4 Å². The Bertz CT molecular complexity index is 268. The van der Waals surface area contributed by atoms with Crippen LogP contribution in [0.2, 0.25) is 0 Å². The van der Waals surface area contributed by atoms with E-state index in [-0.39, 0.29) is 17.7 Å². The molecule has 0 bridgehead atoms. The van der Waals surface area contributed by atoms with Crippen molar-refractivity contribution in [1.82, 2.24) is 4.98 Å². The second kappa shape index (κ2) is 4.77. The van der Waals surface area contributed by atoms with Gasteiger partial charge in [0, 0.05) is 19.9 Å². The SMILES string of the molecule is COC(C)CNc1ncccc1F. The highest BCUT2D eigenvalue weighted by atomic mass is 19.1. The largest absolute Gasteiger partial charge is 0.380 e. The summed E-state index contributed by atoms with van der Waals surface area (Å²) in [4.78, 5) is 3.84. The van der Waals surface area contributed by atoms with Gasteiger partial charge in [0.1, 0.15) is 0 Å². The Labute approximate surface area is 76.9 Å². The van der Waals surface area contributed by atoms with Crippen LogP contribution in [0.25, 0.3) is 0 Å². The van der Waals surface area contributed by atoms with Crippen LogP contribution >= 0.6 is 0 Å². The van der Waals surface area contributed by atoms with Gasteiger partial charge in [-0.1, -0.05) is 0 Å². The number of hydrogen-bond acceptors (Lipinski definition) is 3. The van der Waals surface area contributed by atoms with Crippen LogP contribution in [0, 0.1) is 5.82 Å². The lowest BCUT2D eigenvalue weighted by Gasteiger charge is -2.11. The number of pyridine rings is 1. The first-order valence-corrected chi connectivity index (χ1v) is 4.11. The van der Waals surface area contributed by atoms with Crippen LogP contribution in [0.5, 0.6) is 0 Å². The van der Waals surface area contributed by atoms with Crippen molar-refractivity contribution >= 4 is 5.82 Å². The summed E-state index contributed by atoms with van der Waals surface area (Å²) in [6, 6.07) is 2.92. The van der Waals surface area contributed by atoms with Crippen LogP contribution in [0.3, 0.4) is 0 Å². The topological polar surface area (TPSA) is 34.1 Å². The zero-order chi connectivity index (χ0) is 9.68. The zero-order valence-electron chi connectivity index (χ0n) is 7.75. The number of nitrogens with one attached hydrogen (secondary N) is 1. The minimum Gasteiger partial charge on any atom is -0.380 e. The highest BCUT2D eigenvalue weighted by Crippen LogP contribution is 2.08. The molecule has 1 heterocycles. The predicted molar refractivity (Wildman–Crippen MR) is 49.2 cm³/mol. The Balaban J connectivity index is 2.50. The smallest absolute Gasteiger partial charge is 0.165 e. The van der Waals surface area contributed by atoms with Crippen molar-refractivity contribution in [2.75, 3.05) is 19.0 Å². The second-order valence-corrected chi connectivity index (χ2v) is 2.76. The number of hydrogen-bond donors (Lipinski definition) is 1. The summed E-state index contributed by atoms with van der Waals surface area (Å²) in [5, 5.41) is 2.85. The molecule has 1 aromatic heterocycles. The van der Waals surface area contributed by atoms with Crippen molar-refractivity contribution in [3.63, 3.8) is 0 Å². The fourth-order valence-electron chi connectivity index (χ4n) is 0.840. The molecule has 0 amide bonds. The first-order valence-electron chi connectivity index (χ1n) is 4.11. The average Bonchev–Trinajstić information content (AvgIpc) is 2.16. The number of methoxy groups -OCH3 is 1. The molecule has 0 saturated carbocycles. The lowest BCUT2D eigenvalue weighted by Crippen LogP contribution is -2.19. The number of nitrogens with zero attached hydrogens (tertiary/aromatic N) is 1. The van der Waals surface area contributed by atoms with Crippen LogP contribution in [-0.2, 0) is 4.74 Å². The molecular weight excluding hydrogens is 171 g/mol. The summed E-state index contributed by atoms with van der Waals surface area (Å²) in [5.74, 6) is -0.0720. The molecule has 0 aliphatic rings. The second-order valence-electron chi connectivity index (χ2n) is 2.76. The van der Waals surface area contributed by atoms with Crippen molar-refractivity contribution in [3.05, 3.63) is 24.1 Å². The Morgan fingerprint density at radius 1 is 1.69 bits per heavy atom. The van der Waals surface area contributed by atoms with E-state index >= 15 is 0 Å². The maximum Gasteiger partial charge on any atom is 0.165 e. The first kappa shape index (κ1) is 9.92. The van der Waals surface area contributed by atoms with Gasteiger partial charge in [0.2, 0.25) is 0 Å². The van der Waals surface area contributed by atoms with Gasteiger partial charge in [-0.25, -0.2) is 9.37 Å². The van der Waals surface area contributed by atoms with Gasteiger partial charge >= 0.3 is 0 Å². The molecule has 0 aliphatic carbocycles. The average molecular weight is 184 g/mol. The molecular formula is C9H13FN2O. The highest BCUT2D eigenvalue weighted by molar-refractivity contribution is 5.35.